The number of hydrazone groups is 1. The summed E-state index contributed by atoms with van der Waals surface area (Å²) in [4.78, 5) is 25.0. The number of amides is 3. The van der Waals surface area contributed by atoms with Gasteiger partial charge >= 0.3 is 6.03 Å². The van der Waals surface area contributed by atoms with Crippen molar-refractivity contribution >= 4 is 18.2 Å². The van der Waals surface area contributed by atoms with Crippen LogP contribution < -0.4 is 10.1 Å². The van der Waals surface area contributed by atoms with Crippen molar-refractivity contribution < 1.29 is 14.3 Å². The van der Waals surface area contributed by atoms with Crippen molar-refractivity contribution in [3.05, 3.63) is 65.7 Å². The highest BCUT2D eigenvalue weighted by Crippen LogP contribution is 2.23. The Balaban J connectivity index is 1.66. The van der Waals surface area contributed by atoms with E-state index < -0.39 is 11.6 Å². The maximum Gasteiger partial charge on any atom is 0.346 e. The van der Waals surface area contributed by atoms with Gasteiger partial charge in [0, 0.05) is 0 Å². The number of nitrogens with one attached hydrogen (secondary N) is 1. The number of ether oxygens (including phenoxy) is 1. The lowest BCUT2D eigenvalue weighted by Crippen LogP contribution is -2.44. The van der Waals surface area contributed by atoms with E-state index in [1.165, 1.54) is 6.21 Å². The van der Waals surface area contributed by atoms with Gasteiger partial charge in [0.1, 0.15) is 11.3 Å². The molecule has 27 heavy (non-hydrogen) atoms. The molecule has 1 heterocycles. The van der Waals surface area contributed by atoms with Crippen molar-refractivity contribution in [1.82, 2.24) is 10.3 Å². The SMILES string of the molecule is CCOc1ccc(/C=N\N2C(=O)N[C@](C)(CCc3ccccc3)C2=O)cc1. The van der Waals surface area contributed by atoms with Gasteiger partial charge in [0.15, 0.2) is 0 Å². The standard InChI is InChI=1S/C21H23N3O3/c1-3-27-18-11-9-17(10-12-18)15-22-24-19(25)21(2,23-20(24)26)14-13-16-7-5-4-6-8-16/h4-12,15H,3,13-14H2,1-2H3,(H,23,26)/b22-15-/t21-/m1/s1. The van der Waals surface area contributed by atoms with Crippen LogP contribution in [0.25, 0.3) is 0 Å². The Morgan fingerprint density at radius 2 is 1.81 bits per heavy atom. The number of carbonyl (C=O) groups excluding carboxylic acids is 2. The zero-order valence-corrected chi connectivity index (χ0v) is 15.5. The van der Waals surface area contributed by atoms with Gasteiger partial charge in [-0.25, -0.2) is 4.79 Å². The van der Waals surface area contributed by atoms with E-state index in [9.17, 15) is 9.59 Å². The number of imide groups is 1. The number of nitrogens with zero attached hydrogens (tertiary/aromatic N) is 2. The third-order valence-electron chi connectivity index (χ3n) is 4.51. The molecule has 1 saturated heterocycles. The van der Waals surface area contributed by atoms with Crippen molar-refractivity contribution in [3.8, 4) is 5.75 Å². The fourth-order valence-electron chi connectivity index (χ4n) is 2.92. The summed E-state index contributed by atoms with van der Waals surface area (Å²) in [5.74, 6) is 0.420. The molecule has 0 radical (unpaired) electrons. The predicted octanol–water partition coefficient (Wildman–Crippen LogP) is 3.36. The maximum atomic E-state index is 12.7. The van der Waals surface area contributed by atoms with Crippen LogP contribution in [0.15, 0.2) is 59.7 Å². The summed E-state index contributed by atoms with van der Waals surface area (Å²) in [5.41, 5.74) is 0.942. The molecule has 6 heteroatoms. The van der Waals surface area contributed by atoms with Gasteiger partial charge < -0.3 is 10.1 Å². The van der Waals surface area contributed by atoms with Crippen LogP contribution in [0, 0.1) is 0 Å². The van der Waals surface area contributed by atoms with Crippen LogP contribution in [-0.4, -0.2) is 35.3 Å². The second kappa shape index (κ2) is 8.03. The molecule has 140 valence electrons. The van der Waals surface area contributed by atoms with E-state index in [2.05, 4.69) is 10.4 Å². The molecular formula is C21H23N3O3. The Hall–Kier alpha value is -3.15. The normalized spacial score (nSPS) is 19.6. The summed E-state index contributed by atoms with van der Waals surface area (Å²) in [6, 6.07) is 16.7. The molecule has 0 spiro atoms. The van der Waals surface area contributed by atoms with Crippen LogP contribution in [0.3, 0.4) is 0 Å². The number of hydrogen-bond acceptors (Lipinski definition) is 4. The summed E-state index contributed by atoms with van der Waals surface area (Å²) < 4.78 is 5.39. The molecule has 0 unspecified atom stereocenters. The molecule has 1 fully saturated rings. The molecular weight excluding hydrogens is 342 g/mol. The summed E-state index contributed by atoms with van der Waals surface area (Å²) in [6.45, 7) is 4.25. The second-order valence-electron chi connectivity index (χ2n) is 6.61. The summed E-state index contributed by atoms with van der Waals surface area (Å²) in [6.07, 6.45) is 2.70. The first-order valence-corrected chi connectivity index (χ1v) is 8.99. The molecule has 3 amide bonds. The van der Waals surface area contributed by atoms with Gasteiger partial charge in [-0.2, -0.15) is 5.10 Å². The molecule has 6 nitrogen and oxygen atoms in total. The molecule has 1 aliphatic heterocycles. The smallest absolute Gasteiger partial charge is 0.346 e. The van der Waals surface area contributed by atoms with E-state index in [0.717, 1.165) is 21.9 Å². The zero-order chi connectivity index (χ0) is 19.3. The fraction of sp³-hybridized carbons (Fsp3) is 0.286. The third-order valence-corrected chi connectivity index (χ3v) is 4.51. The lowest BCUT2D eigenvalue weighted by Gasteiger charge is -2.20. The van der Waals surface area contributed by atoms with Gasteiger partial charge in [-0.05, 0) is 62.1 Å². The number of carbonyl (C=O) groups is 2. The molecule has 0 bridgehead atoms. The lowest BCUT2D eigenvalue weighted by atomic mass is 9.93. The Kier molecular flexibility index (Phi) is 5.54. The largest absolute Gasteiger partial charge is 0.494 e. The van der Waals surface area contributed by atoms with Crippen LogP contribution >= 0.6 is 0 Å². The average molecular weight is 365 g/mol. The quantitative estimate of drug-likeness (QED) is 0.604. The average Bonchev–Trinajstić information content (AvgIpc) is 2.90. The summed E-state index contributed by atoms with van der Waals surface area (Å²) >= 11 is 0. The Bertz CT molecular complexity index is 834. The van der Waals surface area contributed by atoms with Crippen LogP contribution in [-0.2, 0) is 11.2 Å². The van der Waals surface area contributed by atoms with E-state index in [-0.39, 0.29) is 5.91 Å². The van der Waals surface area contributed by atoms with E-state index in [0.29, 0.717) is 19.4 Å². The summed E-state index contributed by atoms with van der Waals surface area (Å²) in [5, 5.41) is 7.76. The molecule has 2 aromatic carbocycles. The minimum absolute atomic E-state index is 0.342. The first-order valence-electron chi connectivity index (χ1n) is 8.99. The highest BCUT2D eigenvalue weighted by Gasteiger charge is 2.47. The predicted molar refractivity (Wildman–Crippen MR) is 104 cm³/mol. The van der Waals surface area contributed by atoms with Gasteiger partial charge in [0.25, 0.3) is 5.91 Å². The van der Waals surface area contributed by atoms with Crippen LogP contribution in [0.5, 0.6) is 5.75 Å². The Morgan fingerprint density at radius 1 is 1.11 bits per heavy atom. The third kappa shape index (κ3) is 4.34. The second-order valence-corrected chi connectivity index (χ2v) is 6.61. The highest BCUT2D eigenvalue weighted by molar-refractivity contribution is 6.07. The monoisotopic (exact) mass is 365 g/mol. The van der Waals surface area contributed by atoms with E-state index in [4.69, 9.17) is 4.74 Å². The topological polar surface area (TPSA) is 71.0 Å². The first kappa shape index (κ1) is 18.6. The minimum atomic E-state index is -0.955. The number of benzene rings is 2. The number of urea groups is 1. The number of rotatable bonds is 7. The van der Waals surface area contributed by atoms with E-state index in [1.54, 1.807) is 6.92 Å². The molecule has 0 saturated carbocycles. The van der Waals surface area contributed by atoms with Crippen LogP contribution in [0.2, 0.25) is 0 Å². The van der Waals surface area contributed by atoms with Crippen molar-refractivity contribution in [2.75, 3.05) is 6.61 Å². The number of hydrogen-bond donors (Lipinski definition) is 1. The molecule has 3 rings (SSSR count). The van der Waals surface area contributed by atoms with E-state index >= 15 is 0 Å². The highest BCUT2D eigenvalue weighted by atomic mass is 16.5. The molecule has 1 aliphatic rings. The zero-order valence-electron chi connectivity index (χ0n) is 15.5. The minimum Gasteiger partial charge on any atom is -0.494 e. The van der Waals surface area contributed by atoms with Crippen molar-refractivity contribution in [2.24, 2.45) is 5.10 Å². The van der Waals surface area contributed by atoms with Crippen molar-refractivity contribution in [3.63, 3.8) is 0 Å². The van der Waals surface area contributed by atoms with Crippen LogP contribution in [0.4, 0.5) is 4.79 Å². The molecule has 2 aromatic rings. The Morgan fingerprint density at radius 3 is 2.48 bits per heavy atom. The van der Waals surface area contributed by atoms with Crippen LogP contribution in [0.1, 0.15) is 31.4 Å². The Labute approximate surface area is 158 Å². The lowest BCUT2D eigenvalue weighted by molar-refractivity contribution is -0.130. The molecule has 1 atom stereocenters. The van der Waals surface area contributed by atoms with Gasteiger partial charge in [0.05, 0.1) is 12.8 Å². The van der Waals surface area contributed by atoms with Gasteiger partial charge in [-0.3, -0.25) is 4.79 Å². The number of aryl methyl sites for hydroxylation is 1. The molecule has 1 N–H and O–H groups in total. The summed E-state index contributed by atoms with van der Waals surface area (Å²) in [7, 11) is 0. The molecule has 0 aromatic heterocycles. The van der Waals surface area contributed by atoms with Gasteiger partial charge in [-0.1, -0.05) is 30.3 Å². The van der Waals surface area contributed by atoms with Crippen molar-refractivity contribution in [2.45, 2.75) is 32.2 Å². The van der Waals surface area contributed by atoms with E-state index in [1.807, 2.05) is 61.5 Å². The van der Waals surface area contributed by atoms with Gasteiger partial charge in [0.2, 0.25) is 0 Å². The van der Waals surface area contributed by atoms with Gasteiger partial charge in [-0.15, -0.1) is 5.01 Å². The first-order chi connectivity index (χ1) is 13.0. The molecule has 0 aliphatic carbocycles. The fourth-order valence-corrected chi connectivity index (χ4v) is 2.92. The maximum absolute atomic E-state index is 12.7. The van der Waals surface area contributed by atoms with Crippen molar-refractivity contribution in [1.29, 1.82) is 0 Å².